The quantitative estimate of drug-likeness (QED) is 0.826. The van der Waals surface area contributed by atoms with Crippen molar-refractivity contribution in [3.8, 4) is 11.5 Å². The van der Waals surface area contributed by atoms with Crippen LogP contribution in [0.2, 0.25) is 0 Å². The second-order valence-corrected chi connectivity index (χ2v) is 6.27. The van der Waals surface area contributed by atoms with E-state index >= 15 is 0 Å². The molecule has 2 aromatic rings. The van der Waals surface area contributed by atoms with E-state index in [1.807, 2.05) is 48.5 Å². The lowest BCUT2D eigenvalue weighted by atomic mass is 10.1. The molecule has 1 amide bonds. The normalized spacial score (nSPS) is 16.6. The number of carbonyl (C=O) groups excluding carboxylic acids is 1. The Kier molecular flexibility index (Phi) is 5.41. The summed E-state index contributed by atoms with van der Waals surface area (Å²) in [6.45, 7) is 1.03. The number of amides is 1. The Balaban J connectivity index is 1.66. The molecule has 6 nitrogen and oxygen atoms in total. The van der Waals surface area contributed by atoms with Gasteiger partial charge in [-0.2, -0.15) is 0 Å². The van der Waals surface area contributed by atoms with Gasteiger partial charge in [-0.1, -0.05) is 36.4 Å². The van der Waals surface area contributed by atoms with Gasteiger partial charge in [0, 0.05) is 19.5 Å². The zero-order chi connectivity index (χ0) is 18.5. The van der Waals surface area contributed by atoms with Crippen LogP contribution in [0.3, 0.4) is 0 Å². The molecule has 26 heavy (non-hydrogen) atoms. The Morgan fingerprint density at radius 1 is 1.15 bits per heavy atom. The second-order valence-electron chi connectivity index (χ2n) is 6.27. The van der Waals surface area contributed by atoms with E-state index in [-0.39, 0.29) is 18.9 Å². The Bertz CT molecular complexity index is 790. The molecule has 1 N–H and O–H groups in total. The fourth-order valence-corrected chi connectivity index (χ4v) is 2.98. The van der Waals surface area contributed by atoms with E-state index in [1.165, 1.54) is 0 Å². The summed E-state index contributed by atoms with van der Waals surface area (Å²) in [5.74, 6) is -0.488. The highest BCUT2D eigenvalue weighted by Crippen LogP contribution is 2.30. The molecule has 6 heteroatoms. The van der Waals surface area contributed by atoms with Gasteiger partial charge in [0.2, 0.25) is 5.91 Å². The average molecular weight is 355 g/mol. The van der Waals surface area contributed by atoms with Gasteiger partial charge in [-0.05, 0) is 23.3 Å². The van der Waals surface area contributed by atoms with E-state index in [0.717, 1.165) is 11.1 Å². The number of aliphatic carboxylic acids is 1. The molecule has 1 saturated heterocycles. The van der Waals surface area contributed by atoms with Gasteiger partial charge in [0.15, 0.2) is 11.5 Å². The first-order valence-electron chi connectivity index (χ1n) is 8.41. The highest BCUT2D eigenvalue weighted by atomic mass is 16.5. The molecule has 0 aromatic heterocycles. The molecular weight excluding hydrogens is 334 g/mol. The summed E-state index contributed by atoms with van der Waals surface area (Å²) < 4.78 is 11.2. The van der Waals surface area contributed by atoms with Crippen molar-refractivity contribution in [1.82, 2.24) is 4.90 Å². The first-order valence-corrected chi connectivity index (χ1v) is 8.41. The summed E-state index contributed by atoms with van der Waals surface area (Å²) in [7, 11) is 1.57. The molecule has 1 aliphatic rings. The minimum absolute atomic E-state index is 0.0603. The lowest BCUT2D eigenvalue weighted by Gasteiger charge is -2.18. The van der Waals surface area contributed by atoms with E-state index in [9.17, 15) is 9.59 Å². The average Bonchev–Trinajstić information content (AvgIpc) is 3.02. The molecule has 0 bridgehead atoms. The SMILES string of the molecule is COc1cc(CN2C[C@@H](C(=O)O)CC2=O)ccc1OCc1ccccc1. The molecular formula is C20H21NO5. The van der Waals surface area contributed by atoms with Crippen LogP contribution in [0.25, 0.3) is 0 Å². The van der Waals surface area contributed by atoms with E-state index < -0.39 is 11.9 Å². The van der Waals surface area contributed by atoms with Crippen molar-refractivity contribution in [3.05, 3.63) is 59.7 Å². The smallest absolute Gasteiger partial charge is 0.308 e. The van der Waals surface area contributed by atoms with Crippen LogP contribution in [0.5, 0.6) is 11.5 Å². The van der Waals surface area contributed by atoms with E-state index in [1.54, 1.807) is 12.0 Å². The van der Waals surface area contributed by atoms with E-state index in [0.29, 0.717) is 24.7 Å². The van der Waals surface area contributed by atoms with E-state index in [4.69, 9.17) is 14.6 Å². The lowest BCUT2D eigenvalue weighted by Crippen LogP contribution is -2.25. The van der Waals surface area contributed by atoms with Crippen LogP contribution in [0.4, 0.5) is 0 Å². The number of carboxylic acid groups (broad SMARTS) is 1. The van der Waals surface area contributed by atoms with Gasteiger partial charge < -0.3 is 19.5 Å². The Morgan fingerprint density at radius 2 is 1.92 bits per heavy atom. The van der Waals surface area contributed by atoms with Gasteiger partial charge in [0.1, 0.15) is 6.61 Å². The summed E-state index contributed by atoms with van der Waals surface area (Å²) in [4.78, 5) is 24.6. The molecule has 3 rings (SSSR count). The molecule has 0 unspecified atom stereocenters. The first-order chi connectivity index (χ1) is 12.6. The van der Waals surface area contributed by atoms with Crippen molar-refractivity contribution < 1.29 is 24.2 Å². The molecule has 1 fully saturated rings. The molecule has 0 aliphatic carbocycles. The number of nitrogens with zero attached hydrogens (tertiary/aromatic N) is 1. The number of benzene rings is 2. The van der Waals surface area contributed by atoms with Crippen LogP contribution in [-0.2, 0) is 22.7 Å². The summed E-state index contributed by atoms with van der Waals surface area (Å²) in [6, 6.07) is 15.3. The number of ether oxygens (including phenoxy) is 2. The third-order valence-corrected chi connectivity index (χ3v) is 4.40. The zero-order valence-electron chi connectivity index (χ0n) is 14.6. The van der Waals surface area contributed by atoms with Crippen molar-refractivity contribution in [2.24, 2.45) is 5.92 Å². The Labute approximate surface area is 152 Å². The molecule has 1 heterocycles. The van der Waals surface area contributed by atoms with Gasteiger partial charge >= 0.3 is 5.97 Å². The van der Waals surface area contributed by atoms with Gasteiger partial charge in [0.25, 0.3) is 0 Å². The number of carboxylic acids is 1. The standard InChI is InChI=1S/C20H21NO5/c1-25-18-9-15(11-21-12-16(20(23)24)10-19(21)22)7-8-17(18)26-13-14-5-3-2-4-6-14/h2-9,16H,10-13H2,1H3,(H,23,24)/t16-/m0/s1. The number of likely N-dealkylation sites (tertiary alicyclic amines) is 1. The second kappa shape index (κ2) is 7.91. The van der Waals surface area contributed by atoms with Crippen LogP contribution < -0.4 is 9.47 Å². The van der Waals surface area contributed by atoms with Gasteiger partial charge in [-0.15, -0.1) is 0 Å². The molecule has 136 valence electrons. The number of hydrogen-bond donors (Lipinski definition) is 1. The maximum Gasteiger partial charge on any atom is 0.308 e. The van der Waals surface area contributed by atoms with Crippen molar-refractivity contribution in [2.75, 3.05) is 13.7 Å². The molecule has 2 aromatic carbocycles. The van der Waals surface area contributed by atoms with E-state index in [2.05, 4.69) is 0 Å². The first kappa shape index (κ1) is 17.8. The Hall–Kier alpha value is -3.02. The predicted octanol–water partition coefficient (Wildman–Crippen LogP) is 2.71. The van der Waals surface area contributed by atoms with Gasteiger partial charge in [-0.3, -0.25) is 9.59 Å². The highest BCUT2D eigenvalue weighted by Gasteiger charge is 2.34. The van der Waals surface area contributed by atoms with Crippen molar-refractivity contribution in [2.45, 2.75) is 19.6 Å². The van der Waals surface area contributed by atoms with Gasteiger partial charge in [-0.25, -0.2) is 0 Å². The highest BCUT2D eigenvalue weighted by molar-refractivity contribution is 5.86. The van der Waals surface area contributed by atoms with Crippen LogP contribution in [0.1, 0.15) is 17.5 Å². The largest absolute Gasteiger partial charge is 0.493 e. The monoisotopic (exact) mass is 355 g/mol. The summed E-state index contributed by atoms with van der Waals surface area (Å²) in [5.41, 5.74) is 1.93. The Morgan fingerprint density at radius 3 is 2.58 bits per heavy atom. The third kappa shape index (κ3) is 4.14. The van der Waals surface area contributed by atoms with Crippen molar-refractivity contribution in [3.63, 3.8) is 0 Å². The summed E-state index contributed by atoms with van der Waals surface area (Å²) in [6.07, 6.45) is 0.0603. The van der Waals surface area contributed by atoms with Crippen LogP contribution in [-0.4, -0.2) is 35.5 Å². The van der Waals surface area contributed by atoms with Crippen molar-refractivity contribution >= 4 is 11.9 Å². The minimum Gasteiger partial charge on any atom is -0.493 e. The number of carbonyl (C=O) groups is 2. The van der Waals surface area contributed by atoms with Crippen LogP contribution in [0.15, 0.2) is 48.5 Å². The molecule has 0 radical (unpaired) electrons. The lowest BCUT2D eigenvalue weighted by molar-refractivity contribution is -0.141. The number of rotatable bonds is 7. The minimum atomic E-state index is -0.928. The summed E-state index contributed by atoms with van der Waals surface area (Å²) in [5, 5.41) is 9.07. The summed E-state index contributed by atoms with van der Waals surface area (Å²) >= 11 is 0. The predicted molar refractivity (Wildman–Crippen MR) is 94.9 cm³/mol. The molecule has 0 spiro atoms. The van der Waals surface area contributed by atoms with Gasteiger partial charge in [0.05, 0.1) is 13.0 Å². The molecule has 1 aliphatic heterocycles. The maximum atomic E-state index is 12.0. The number of methoxy groups -OCH3 is 1. The fourth-order valence-electron chi connectivity index (χ4n) is 2.98. The van der Waals surface area contributed by atoms with Crippen LogP contribution >= 0.6 is 0 Å². The zero-order valence-corrected chi connectivity index (χ0v) is 14.6. The fraction of sp³-hybridized carbons (Fsp3) is 0.300. The number of hydrogen-bond acceptors (Lipinski definition) is 4. The molecule has 0 saturated carbocycles. The van der Waals surface area contributed by atoms with Crippen LogP contribution in [0, 0.1) is 5.92 Å². The topological polar surface area (TPSA) is 76.1 Å². The van der Waals surface area contributed by atoms with Crippen molar-refractivity contribution in [1.29, 1.82) is 0 Å². The maximum absolute atomic E-state index is 12.0. The third-order valence-electron chi connectivity index (χ3n) is 4.40. The molecule has 1 atom stereocenters.